The molecule has 0 saturated heterocycles. The number of anilines is 2. The van der Waals surface area contributed by atoms with Gasteiger partial charge in [-0.15, -0.1) is 0 Å². The summed E-state index contributed by atoms with van der Waals surface area (Å²) in [4.78, 5) is 14.0. The van der Waals surface area contributed by atoms with Crippen LogP contribution in [-0.4, -0.2) is 18.0 Å². The van der Waals surface area contributed by atoms with Crippen molar-refractivity contribution in [1.29, 1.82) is 0 Å². The van der Waals surface area contributed by atoms with Crippen LogP contribution in [-0.2, 0) is 4.79 Å². The maximum Gasteiger partial charge on any atom is 0.224 e. The zero-order valence-electron chi connectivity index (χ0n) is 19.4. The first-order valence-corrected chi connectivity index (χ1v) is 10.8. The summed E-state index contributed by atoms with van der Waals surface area (Å²) >= 11 is 0. The summed E-state index contributed by atoms with van der Waals surface area (Å²) in [5, 5.41) is 2.73. The molecule has 1 aliphatic heterocycles. The first-order chi connectivity index (χ1) is 14.6. The summed E-state index contributed by atoms with van der Waals surface area (Å²) in [6.07, 6.45) is 10.1. The van der Waals surface area contributed by atoms with E-state index in [9.17, 15) is 4.79 Å². The standard InChI is InChI=1S/C26H34F2N2O/c1-8-11-13-15-21(31)29-24-17(4)22(27)25(23(28)18(24)5)30-16-19(14-12-9-2)20(10-3)26(30,6)7/h9-10,12,14H,2-3,8,11,13,15-16H2,1,4-7H3,(H,29,31)/b14-12-. The molecule has 0 fully saturated rings. The molecule has 0 radical (unpaired) electrons. The summed E-state index contributed by atoms with van der Waals surface area (Å²) in [7, 11) is 0. The van der Waals surface area contributed by atoms with Crippen molar-refractivity contribution in [2.75, 3.05) is 16.8 Å². The van der Waals surface area contributed by atoms with E-state index >= 15 is 8.78 Å². The van der Waals surface area contributed by atoms with E-state index < -0.39 is 17.2 Å². The van der Waals surface area contributed by atoms with Gasteiger partial charge in [-0.25, -0.2) is 8.78 Å². The molecule has 5 heteroatoms. The van der Waals surface area contributed by atoms with Gasteiger partial charge in [-0.2, -0.15) is 0 Å². The van der Waals surface area contributed by atoms with Crippen molar-refractivity contribution in [1.82, 2.24) is 0 Å². The van der Waals surface area contributed by atoms with Crippen molar-refractivity contribution in [3.8, 4) is 0 Å². The number of hydrogen-bond donors (Lipinski definition) is 1. The van der Waals surface area contributed by atoms with Crippen molar-refractivity contribution < 1.29 is 13.6 Å². The molecule has 1 aromatic carbocycles. The van der Waals surface area contributed by atoms with Crippen LogP contribution >= 0.6 is 0 Å². The largest absolute Gasteiger partial charge is 0.353 e. The summed E-state index contributed by atoms with van der Waals surface area (Å²) in [5.41, 5.74) is 1.81. The second-order valence-electron chi connectivity index (χ2n) is 8.49. The van der Waals surface area contributed by atoms with Gasteiger partial charge in [0.05, 0.1) is 11.2 Å². The number of carbonyl (C=O) groups is 1. The van der Waals surface area contributed by atoms with Crippen LogP contribution in [0.4, 0.5) is 20.2 Å². The number of amides is 1. The van der Waals surface area contributed by atoms with Gasteiger partial charge in [-0.3, -0.25) is 4.79 Å². The summed E-state index contributed by atoms with van der Waals surface area (Å²) in [5.74, 6) is -1.53. The van der Waals surface area contributed by atoms with Crippen molar-refractivity contribution in [2.45, 2.75) is 65.8 Å². The lowest BCUT2D eigenvalue weighted by Crippen LogP contribution is -2.42. The van der Waals surface area contributed by atoms with Crippen LogP contribution in [0.1, 0.15) is 57.6 Å². The Labute approximate surface area is 185 Å². The predicted molar refractivity (Wildman–Crippen MR) is 127 cm³/mol. The van der Waals surface area contributed by atoms with Gasteiger partial charge in [0, 0.05) is 24.1 Å². The highest BCUT2D eigenvalue weighted by Crippen LogP contribution is 2.44. The molecule has 168 valence electrons. The average molecular weight is 429 g/mol. The number of rotatable bonds is 9. The van der Waals surface area contributed by atoms with Crippen molar-refractivity contribution in [3.63, 3.8) is 0 Å². The molecule has 1 amide bonds. The third-order valence-corrected chi connectivity index (χ3v) is 6.01. The van der Waals surface area contributed by atoms with Crippen molar-refractivity contribution >= 4 is 17.3 Å². The zero-order valence-corrected chi connectivity index (χ0v) is 19.4. The molecule has 0 unspecified atom stereocenters. The van der Waals surface area contributed by atoms with E-state index in [0.29, 0.717) is 13.0 Å². The van der Waals surface area contributed by atoms with Gasteiger partial charge in [-0.05, 0) is 45.3 Å². The van der Waals surface area contributed by atoms with Gasteiger partial charge in [0.1, 0.15) is 5.69 Å². The van der Waals surface area contributed by atoms with E-state index in [2.05, 4.69) is 25.4 Å². The maximum absolute atomic E-state index is 15.6. The Hall–Kier alpha value is -2.69. The van der Waals surface area contributed by atoms with Crippen LogP contribution in [0, 0.1) is 25.5 Å². The highest BCUT2D eigenvalue weighted by Gasteiger charge is 2.41. The molecule has 2 rings (SSSR count). The second kappa shape index (κ2) is 10.1. The minimum atomic E-state index is -0.659. The Bertz CT molecular complexity index is 912. The topological polar surface area (TPSA) is 32.3 Å². The Morgan fingerprint density at radius 2 is 1.77 bits per heavy atom. The number of unbranched alkanes of at least 4 members (excludes halogenated alkanes) is 2. The molecule has 0 saturated carbocycles. The molecule has 0 bridgehead atoms. The van der Waals surface area contributed by atoms with E-state index in [0.717, 1.165) is 30.4 Å². The summed E-state index contributed by atoms with van der Waals surface area (Å²) < 4.78 is 31.1. The molecule has 1 aromatic rings. The molecule has 0 aliphatic carbocycles. The molecule has 0 spiro atoms. The lowest BCUT2D eigenvalue weighted by Gasteiger charge is -2.37. The minimum Gasteiger partial charge on any atom is -0.353 e. The normalized spacial score (nSPS) is 15.6. The monoisotopic (exact) mass is 428 g/mol. The smallest absolute Gasteiger partial charge is 0.224 e. The molecule has 3 nitrogen and oxygen atoms in total. The van der Waals surface area contributed by atoms with Gasteiger partial charge in [0.2, 0.25) is 5.91 Å². The fourth-order valence-corrected chi connectivity index (χ4v) is 4.17. The van der Waals surface area contributed by atoms with Gasteiger partial charge in [0.25, 0.3) is 0 Å². The number of hydrogen-bond acceptors (Lipinski definition) is 2. The van der Waals surface area contributed by atoms with Crippen LogP contribution in [0.5, 0.6) is 0 Å². The molecule has 31 heavy (non-hydrogen) atoms. The SMILES string of the molecule is C=C/C=C\C1=C(C=C)C(C)(C)N(c2c(F)c(C)c(NC(=O)CCCCC)c(C)c2F)C1. The number of nitrogens with one attached hydrogen (secondary N) is 1. The third-order valence-electron chi connectivity index (χ3n) is 6.01. The van der Waals surface area contributed by atoms with Gasteiger partial charge in [-0.1, -0.05) is 57.2 Å². The summed E-state index contributed by atoms with van der Waals surface area (Å²) in [6.45, 7) is 17.0. The first-order valence-electron chi connectivity index (χ1n) is 10.8. The lowest BCUT2D eigenvalue weighted by atomic mass is 9.92. The second-order valence-corrected chi connectivity index (χ2v) is 8.49. The fraction of sp³-hybridized carbons (Fsp3) is 0.423. The Balaban J connectivity index is 2.48. The van der Waals surface area contributed by atoms with Gasteiger partial charge >= 0.3 is 0 Å². The van der Waals surface area contributed by atoms with Crippen LogP contribution in [0.25, 0.3) is 0 Å². The van der Waals surface area contributed by atoms with Gasteiger partial charge in [0.15, 0.2) is 11.6 Å². The Kier molecular flexibility index (Phi) is 7.99. The van der Waals surface area contributed by atoms with Crippen molar-refractivity contribution in [2.24, 2.45) is 0 Å². The number of carbonyl (C=O) groups excluding carboxylic acids is 1. The van der Waals surface area contributed by atoms with E-state index in [4.69, 9.17) is 0 Å². The predicted octanol–water partition coefficient (Wildman–Crippen LogP) is 6.92. The summed E-state index contributed by atoms with van der Waals surface area (Å²) in [6, 6.07) is 0. The van der Waals surface area contributed by atoms with Gasteiger partial charge < -0.3 is 10.2 Å². The number of allylic oxidation sites excluding steroid dienone is 2. The molecule has 1 heterocycles. The molecule has 1 aliphatic rings. The Morgan fingerprint density at radius 1 is 1.16 bits per heavy atom. The van der Waals surface area contributed by atoms with E-state index in [1.54, 1.807) is 37.0 Å². The molecular formula is C26H34F2N2O. The molecule has 0 atom stereocenters. The molecule has 1 N–H and O–H groups in total. The van der Waals surface area contributed by atoms with Crippen LogP contribution in [0.3, 0.4) is 0 Å². The van der Waals surface area contributed by atoms with Crippen LogP contribution in [0.2, 0.25) is 0 Å². The van der Waals surface area contributed by atoms with Crippen LogP contribution < -0.4 is 10.2 Å². The van der Waals surface area contributed by atoms with E-state index in [1.165, 1.54) is 0 Å². The Morgan fingerprint density at radius 3 is 2.29 bits per heavy atom. The maximum atomic E-state index is 15.6. The number of nitrogens with zero attached hydrogens (tertiary/aromatic N) is 1. The van der Waals surface area contributed by atoms with Crippen molar-refractivity contribution in [3.05, 3.63) is 71.4 Å². The molecular weight excluding hydrogens is 394 g/mol. The molecule has 0 aromatic heterocycles. The highest BCUT2D eigenvalue weighted by molar-refractivity contribution is 5.93. The number of halogens is 2. The highest BCUT2D eigenvalue weighted by atomic mass is 19.1. The first kappa shape index (κ1) is 24.6. The third kappa shape index (κ3) is 4.81. The van der Waals surface area contributed by atoms with Crippen LogP contribution in [0.15, 0.2) is 48.6 Å². The van der Waals surface area contributed by atoms with E-state index in [-0.39, 0.29) is 28.4 Å². The number of benzene rings is 1. The fourth-order valence-electron chi connectivity index (χ4n) is 4.17. The average Bonchev–Trinajstić information content (AvgIpc) is 2.98. The zero-order chi connectivity index (χ0) is 23.3. The quantitative estimate of drug-likeness (QED) is 0.342. The minimum absolute atomic E-state index is 0.0784. The van der Waals surface area contributed by atoms with E-state index in [1.807, 2.05) is 19.9 Å². The lowest BCUT2D eigenvalue weighted by molar-refractivity contribution is -0.116.